The molecule has 1 heterocycles. The fourth-order valence-corrected chi connectivity index (χ4v) is 3.92. The van der Waals surface area contributed by atoms with Crippen molar-refractivity contribution >= 4 is 40.3 Å². The summed E-state index contributed by atoms with van der Waals surface area (Å²) in [6.45, 7) is 0. The third-order valence-corrected chi connectivity index (χ3v) is 6.15. The van der Waals surface area contributed by atoms with Gasteiger partial charge in [0.2, 0.25) is 0 Å². The summed E-state index contributed by atoms with van der Waals surface area (Å²) >= 11 is 12.3. The summed E-state index contributed by atoms with van der Waals surface area (Å²) in [5.74, 6) is 1.94. The van der Waals surface area contributed by atoms with Gasteiger partial charge < -0.3 is 9.47 Å². The highest BCUT2D eigenvalue weighted by Gasteiger charge is 2.16. The molecule has 0 aliphatic rings. The van der Waals surface area contributed by atoms with Crippen LogP contribution in [0, 0.1) is 0 Å². The number of carbonyl (C=O) groups excluding carboxylic acids is 1. The Hall–Kier alpha value is -3.80. The van der Waals surface area contributed by atoms with Crippen LogP contribution in [0.15, 0.2) is 85.1 Å². The number of fused-ring (bicyclic) bond motifs is 1. The Kier molecular flexibility index (Phi) is 5.97. The van der Waals surface area contributed by atoms with Gasteiger partial charge in [-0.2, -0.15) is 5.10 Å². The number of aromatic nitrogens is 2. The summed E-state index contributed by atoms with van der Waals surface area (Å²) in [5, 5.41) is 7.80. The zero-order chi connectivity index (χ0) is 23.7. The van der Waals surface area contributed by atoms with Crippen LogP contribution in [-0.2, 0) is 0 Å². The van der Waals surface area contributed by atoms with Crippen molar-refractivity contribution in [2.75, 3.05) is 7.11 Å². The summed E-state index contributed by atoms with van der Waals surface area (Å²) in [7, 11) is 1.65. The van der Waals surface area contributed by atoms with E-state index in [-0.39, 0.29) is 0 Å². The predicted molar refractivity (Wildman–Crippen MR) is 135 cm³/mol. The quantitative estimate of drug-likeness (QED) is 0.230. The first-order valence-corrected chi connectivity index (χ1v) is 11.2. The van der Waals surface area contributed by atoms with E-state index in [9.17, 15) is 4.79 Å². The number of ether oxygens (including phenoxy) is 2. The van der Waals surface area contributed by atoms with Gasteiger partial charge in [-0.05, 0) is 71.4 Å². The topological polar surface area (TPSA) is 53.4 Å². The number of rotatable bonds is 6. The van der Waals surface area contributed by atoms with Crippen LogP contribution in [0.2, 0.25) is 10.0 Å². The molecule has 0 radical (unpaired) electrons. The maximum absolute atomic E-state index is 11.0. The fourth-order valence-electron chi connectivity index (χ4n) is 3.63. The smallest absolute Gasteiger partial charge is 0.173 e. The highest BCUT2D eigenvalue weighted by atomic mass is 35.5. The van der Waals surface area contributed by atoms with Gasteiger partial charge in [-0.15, -0.1) is 0 Å². The minimum absolute atomic E-state index is 0.433. The first kappa shape index (κ1) is 22.0. The van der Waals surface area contributed by atoms with Crippen LogP contribution in [-0.4, -0.2) is 23.2 Å². The first-order chi connectivity index (χ1) is 16.5. The molecule has 0 fully saturated rings. The Morgan fingerprint density at radius 1 is 0.824 bits per heavy atom. The summed E-state index contributed by atoms with van der Waals surface area (Å²) in [4.78, 5) is 11.0. The van der Waals surface area contributed by atoms with Crippen LogP contribution in [0.1, 0.15) is 10.4 Å². The normalized spacial score (nSPS) is 10.9. The second-order valence-corrected chi connectivity index (χ2v) is 8.42. The highest BCUT2D eigenvalue weighted by molar-refractivity contribution is 6.42. The lowest BCUT2D eigenvalue weighted by Gasteiger charge is -2.07. The number of hydrogen-bond acceptors (Lipinski definition) is 4. The van der Waals surface area contributed by atoms with Crippen LogP contribution in [0.3, 0.4) is 0 Å². The molecule has 7 heteroatoms. The second kappa shape index (κ2) is 9.21. The Labute approximate surface area is 206 Å². The number of aldehydes is 1. The second-order valence-electron chi connectivity index (χ2n) is 7.60. The largest absolute Gasteiger partial charge is 0.497 e. The van der Waals surface area contributed by atoms with E-state index in [4.69, 9.17) is 37.8 Å². The van der Waals surface area contributed by atoms with Crippen molar-refractivity contribution in [2.45, 2.75) is 0 Å². The minimum Gasteiger partial charge on any atom is -0.497 e. The van der Waals surface area contributed by atoms with Crippen molar-refractivity contribution in [3.63, 3.8) is 0 Å². The van der Waals surface area contributed by atoms with Gasteiger partial charge in [-0.25, -0.2) is 4.68 Å². The van der Waals surface area contributed by atoms with Crippen LogP contribution < -0.4 is 9.47 Å². The SMILES string of the molecule is COc1ccc2cc(-c3nn(-c4ccc(Cl)c(Cl)c4)cc3Oc3ccc(C=O)cc3)ccc2c1. The van der Waals surface area contributed by atoms with Crippen molar-refractivity contribution < 1.29 is 14.3 Å². The van der Waals surface area contributed by atoms with E-state index < -0.39 is 0 Å². The molecule has 0 aliphatic carbocycles. The lowest BCUT2D eigenvalue weighted by atomic mass is 10.0. The van der Waals surface area contributed by atoms with Crippen LogP contribution >= 0.6 is 23.2 Å². The number of nitrogens with zero attached hydrogens (tertiary/aromatic N) is 2. The molecular weight excluding hydrogens is 471 g/mol. The Bertz CT molecular complexity index is 1510. The van der Waals surface area contributed by atoms with E-state index in [1.807, 2.05) is 36.4 Å². The van der Waals surface area contributed by atoms with E-state index in [1.165, 1.54) is 0 Å². The molecule has 168 valence electrons. The zero-order valence-electron chi connectivity index (χ0n) is 18.0. The lowest BCUT2D eigenvalue weighted by Crippen LogP contribution is -1.95. The molecule has 5 nitrogen and oxygen atoms in total. The van der Waals surface area contributed by atoms with Gasteiger partial charge in [-0.1, -0.05) is 41.4 Å². The van der Waals surface area contributed by atoms with Gasteiger partial charge in [0.15, 0.2) is 5.75 Å². The molecular formula is C27H18Cl2N2O3. The number of carbonyl (C=O) groups is 1. The Morgan fingerprint density at radius 2 is 1.56 bits per heavy atom. The molecule has 5 aromatic rings. The fraction of sp³-hybridized carbons (Fsp3) is 0.0370. The molecule has 0 N–H and O–H groups in total. The van der Waals surface area contributed by atoms with E-state index in [0.29, 0.717) is 32.8 Å². The summed E-state index contributed by atoms with van der Waals surface area (Å²) in [6, 6.07) is 24.2. The van der Waals surface area contributed by atoms with Crippen molar-refractivity contribution in [2.24, 2.45) is 0 Å². The van der Waals surface area contributed by atoms with E-state index in [0.717, 1.165) is 34.1 Å². The average molecular weight is 489 g/mol. The molecule has 34 heavy (non-hydrogen) atoms. The summed E-state index contributed by atoms with van der Waals surface area (Å²) < 4.78 is 13.2. The molecule has 0 spiro atoms. The Balaban J connectivity index is 1.61. The molecule has 0 saturated heterocycles. The Morgan fingerprint density at radius 3 is 2.29 bits per heavy atom. The molecule has 0 aliphatic heterocycles. The molecule has 0 bridgehead atoms. The molecule has 4 aromatic carbocycles. The van der Waals surface area contributed by atoms with Gasteiger partial charge in [0.1, 0.15) is 23.5 Å². The third kappa shape index (κ3) is 4.36. The zero-order valence-corrected chi connectivity index (χ0v) is 19.5. The minimum atomic E-state index is 0.433. The number of hydrogen-bond donors (Lipinski definition) is 0. The van der Waals surface area contributed by atoms with E-state index >= 15 is 0 Å². The predicted octanol–water partition coefficient (Wildman–Crippen LogP) is 7.61. The maximum atomic E-state index is 11.0. The molecule has 0 amide bonds. The van der Waals surface area contributed by atoms with Gasteiger partial charge in [-0.3, -0.25) is 4.79 Å². The third-order valence-electron chi connectivity index (χ3n) is 5.41. The number of methoxy groups -OCH3 is 1. The standard InChI is InChI=1S/C27H18Cl2N2O3/c1-33-23-10-6-18-12-20(5-4-19(18)13-23)27-26(34-22-8-2-17(16-32)3-9-22)15-31(30-27)21-7-11-24(28)25(29)14-21/h2-16H,1H3. The highest BCUT2D eigenvalue weighted by Crippen LogP contribution is 2.36. The average Bonchev–Trinajstić information content (AvgIpc) is 3.29. The van der Waals surface area contributed by atoms with Crippen LogP contribution in [0.25, 0.3) is 27.7 Å². The van der Waals surface area contributed by atoms with Gasteiger partial charge in [0.05, 0.1) is 29.0 Å². The van der Waals surface area contributed by atoms with Crippen molar-refractivity contribution in [1.29, 1.82) is 0 Å². The molecule has 0 saturated carbocycles. The lowest BCUT2D eigenvalue weighted by molar-refractivity contribution is 0.112. The molecule has 1 aromatic heterocycles. The van der Waals surface area contributed by atoms with Crippen LogP contribution in [0.4, 0.5) is 0 Å². The molecule has 0 atom stereocenters. The van der Waals surface area contributed by atoms with E-state index in [1.54, 1.807) is 54.4 Å². The number of halogens is 2. The van der Waals surface area contributed by atoms with E-state index in [2.05, 4.69) is 6.07 Å². The molecule has 0 unspecified atom stereocenters. The number of benzene rings is 4. The van der Waals surface area contributed by atoms with Crippen molar-refractivity contribution in [3.05, 3.63) is 101 Å². The van der Waals surface area contributed by atoms with Gasteiger partial charge in [0.25, 0.3) is 0 Å². The summed E-state index contributed by atoms with van der Waals surface area (Å²) in [6.07, 6.45) is 2.59. The van der Waals surface area contributed by atoms with Crippen LogP contribution in [0.5, 0.6) is 17.2 Å². The van der Waals surface area contributed by atoms with Crippen molar-refractivity contribution in [1.82, 2.24) is 9.78 Å². The molecule has 5 rings (SSSR count). The van der Waals surface area contributed by atoms with Gasteiger partial charge in [0, 0.05) is 11.1 Å². The maximum Gasteiger partial charge on any atom is 0.173 e. The first-order valence-electron chi connectivity index (χ1n) is 10.4. The van der Waals surface area contributed by atoms with Crippen molar-refractivity contribution in [3.8, 4) is 34.2 Å². The summed E-state index contributed by atoms with van der Waals surface area (Å²) in [5.41, 5.74) is 2.86. The monoisotopic (exact) mass is 488 g/mol. The van der Waals surface area contributed by atoms with Gasteiger partial charge >= 0.3 is 0 Å².